The van der Waals surface area contributed by atoms with Crippen LogP contribution in [0.4, 0.5) is 4.79 Å². The third-order valence-electron chi connectivity index (χ3n) is 2.49. The van der Waals surface area contributed by atoms with Gasteiger partial charge in [0, 0.05) is 38.6 Å². The van der Waals surface area contributed by atoms with Gasteiger partial charge in [0.05, 0.1) is 0 Å². The van der Waals surface area contributed by atoms with Crippen LogP contribution in [0.5, 0.6) is 0 Å². The van der Waals surface area contributed by atoms with Crippen molar-refractivity contribution in [1.82, 2.24) is 15.1 Å². The van der Waals surface area contributed by atoms with Crippen LogP contribution in [0.15, 0.2) is 0 Å². The van der Waals surface area contributed by atoms with Crippen molar-refractivity contribution in [1.29, 1.82) is 0 Å². The van der Waals surface area contributed by atoms with Crippen molar-refractivity contribution in [2.75, 3.05) is 26.2 Å². The monoisotopic (exact) mass is 227 g/mol. The number of carbonyl (C=O) groups excluding carboxylic acids is 2. The molecule has 0 aliphatic carbocycles. The summed E-state index contributed by atoms with van der Waals surface area (Å²) in [7, 11) is 0. The van der Waals surface area contributed by atoms with E-state index in [0.717, 1.165) is 0 Å². The fourth-order valence-corrected chi connectivity index (χ4v) is 1.62. The Labute approximate surface area is 96.8 Å². The van der Waals surface area contributed by atoms with Gasteiger partial charge in [0.1, 0.15) is 0 Å². The van der Waals surface area contributed by atoms with Gasteiger partial charge in [0.2, 0.25) is 5.91 Å². The van der Waals surface area contributed by atoms with Crippen molar-refractivity contribution in [3.05, 3.63) is 0 Å². The predicted octanol–water partition coefficient (Wildman–Crippen LogP) is 0.659. The number of hydrogen-bond donors (Lipinski definition) is 1. The van der Waals surface area contributed by atoms with Crippen LogP contribution in [-0.2, 0) is 4.79 Å². The van der Waals surface area contributed by atoms with Crippen molar-refractivity contribution in [2.45, 2.75) is 33.2 Å². The summed E-state index contributed by atoms with van der Waals surface area (Å²) >= 11 is 0. The van der Waals surface area contributed by atoms with Crippen molar-refractivity contribution in [3.63, 3.8) is 0 Å². The third kappa shape index (κ3) is 3.72. The van der Waals surface area contributed by atoms with Crippen LogP contribution in [0, 0.1) is 0 Å². The SMILES string of the molecule is CC(=O)N1CCN(C(=O)NC(C)(C)C)CC1. The largest absolute Gasteiger partial charge is 0.339 e. The minimum absolute atomic E-state index is 0.0456. The predicted molar refractivity (Wildman–Crippen MR) is 62.1 cm³/mol. The van der Waals surface area contributed by atoms with Crippen LogP contribution in [0.3, 0.4) is 0 Å². The second kappa shape index (κ2) is 4.72. The van der Waals surface area contributed by atoms with Gasteiger partial charge in [-0.2, -0.15) is 0 Å². The number of amides is 3. The molecule has 1 aliphatic heterocycles. The summed E-state index contributed by atoms with van der Waals surface area (Å²) in [5, 5.41) is 2.92. The van der Waals surface area contributed by atoms with Gasteiger partial charge in [-0.25, -0.2) is 4.79 Å². The molecule has 92 valence electrons. The number of hydrogen-bond acceptors (Lipinski definition) is 2. The average molecular weight is 227 g/mol. The van der Waals surface area contributed by atoms with E-state index in [1.165, 1.54) is 0 Å². The zero-order chi connectivity index (χ0) is 12.3. The molecule has 0 spiro atoms. The lowest BCUT2D eigenvalue weighted by atomic mass is 10.1. The van der Waals surface area contributed by atoms with Crippen LogP contribution in [-0.4, -0.2) is 53.5 Å². The molecule has 0 unspecified atom stereocenters. The highest BCUT2D eigenvalue weighted by Crippen LogP contribution is 2.05. The highest BCUT2D eigenvalue weighted by Gasteiger charge is 2.24. The maximum atomic E-state index is 11.8. The van der Waals surface area contributed by atoms with E-state index in [0.29, 0.717) is 26.2 Å². The van der Waals surface area contributed by atoms with E-state index in [9.17, 15) is 9.59 Å². The minimum Gasteiger partial charge on any atom is -0.339 e. The Morgan fingerprint density at radius 2 is 1.44 bits per heavy atom. The van der Waals surface area contributed by atoms with Crippen LogP contribution < -0.4 is 5.32 Å². The molecule has 0 aromatic heterocycles. The number of piperazine rings is 1. The number of nitrogens with zero attached hydrogens (tertiary/aromatic N) is 2. The Balaban J connectivity index is 2.42. The Hall–Kier alpha value is -1.26. The molecule has 1 heterocycles. The van der Waals surface area contributed by atoms with Crippen LogP contribution in [0.1, 0.15) is 27.7 Å². The average Bonchev–Trinajstić information content (AvgIpc) is 2.15. The molecule has 5 nitrogen and oxygen atoms in total. The Morgan fingerprint density at radius 1 is 1.00 bits per heavy atom. The lowest BCUT2D eigenvalue weighted by molar-refractivity contribution is -0.130. The van der Waals surface area contributed by atoms with E-state index < -0.39 is 0 Å². The van der Waals surface area contributed by atoms with Gasteiger partial charge in [-0.05, 0) is 20.8 Å². The summed E-state index contributed by atoms with van der Waals surface area (Å²) < 4.78 is 0. The maximum Gasteiger partial charge on any atom is 0.317 e. The fourth-order valence-electron chi connectivity index (χ4n) is 1.62. The minimum atomic E-state index is -0.213. The molecule has 0 radical (unpaired) electrons. The first-order valence-corrected chi connectivity index (χ1v) is 5.62. The molecule has 1 fully saturated rings. The van der Waals surface area contributed by atoms with E-state index in [1.807, 2.05) is 20.8 Å². The summed E-state index contributed by atoms with van der Waals surface area (Å²) in [6, 6.07) is -0.0456. The highest BCUT2D eigenvalue weighted by atomic mass is 16.2. The lowest BCUT2D eigenvalue weighted by Gasteiger charge is -2.35. The molecule has 0 bridgehead atoms. The second-order valence-electron chi connectivity index (χ2n) is 5.17. The Kier molecular flexibility index (Phi) is 3.78. The molecule has 1 rings (SSSR count). The molecule has 0 aromatic carbocycles. The fraction of sp³-hybridized carbons (Fsp3) is 0.818. The summed E-state index contributed by atoms with van der Waals surface area (Å²) in [5.74, 6) is 0.0795. The molecule has 0 atom stereocenters. The van der Waals surface area contributed by atoms with Gasteiger partial charge < -0.3 is 15.1 Å². The van der Waals surface area contributed by atoms with Gasteiger partial charge in [0.15, 0.2) is 0 Å². The first kappa shape index (κ1) is 12.8. The van der Waals surface area contributed by atoms with Gasteiger partial charge in [-0.15, -0.1) is 0 Å². The summed E-state index contributed by atoms with van der Waals surface area (Å²) in [6.07, 6.45) is 0. The van der Waals surface area contributed by atoms with Crippen molar-refractivity contribution < 1.29 is 9.59 Å². The zero-order valence-electron chi connectivity index (χ0n) is 10.5. The van der Waals surface area contributed by atoms with E-state index in [1.54, 1.807) is 16.7 Å². The Morgan fingerprint density at radius 3 is 1.81 bits per heavy atom. The number of nitrogens with one attached hydrogen (secondary N) is 1. The summed E-state index contributed by atoms with van der Waals surface area (Å²) in [5.41, 5.74) is -0.213. The molecule has 0 aromatic rings. The van der Waals surface area contributed by atoms with Crippen LogP contribution in [0.2, 0.25) is 0 Å². The molecule has 1 aliphatic rings. The highest BCUT2D eigenvalue weighted by molar-refractivity contribution is 5.76. The summed E-state index contributed by atoms with van der Waals surface area (Å²) in [4.78, 5) is 26.4. The van der Waals surface area contributed by atoms with Gasteiger partial charge in [-0.1, -0.05) is 0 Å². The normalized spacial score (nSPS) is 17.2. The van der Waals surface area contributed by atoms with E-state index >= 15 is 0 Å². The first-order chi connectivity index (χ1) is 7.29. The standard InChI is InChI=1S/C11H21N3O2/c1-9(15)13-5-7-14(8-6-13)10(16)12-11(2,3)4/h5-8H2,1-4H3,(H,12,16). The second-order valence-corrected chi connectivity index (χ2v) is 5.17. The lowest BCUT2D eigenvalue weighted by Crippen LogP contribution is -2.55. The molecule has 5 heteroatoms. The van der Waals surface area contributed by atoms with E-state index in [2.05, 4.69) is 5.32 Å². The van der Waals surface area contributed by atoms with Crippen LogP contribution >= 0.6 is 0 Å². The molecule has 16 heavy (non-hydrogen) atoms. The van der Waals surface area contributed by atoms with Gasteiger partial charge >= 0.3 is 6.03 Å². The first-order valence-electron chi connectivity index (χ1n) is 5.62. The van der Waals surface area contributed by atoms with Crippen LogP contribution in [0.25, 0.3) is 0 Å². The topological polar surface area (TPSA) is 52.7 Å². The van der Waals surface area contributed by atoms with Crippen molar-refractivity contribution in [2.24, 2.45) is 0 Å². The quantitative estimate of drug-likeness (QED) is 0.661. The number of carbonyl (C=O) groups is 2. The molecule has 3 amide bonds. The van der Waals surface area contributed by atoms with E-state index in [4.69, 9.17) is 0 Å². The Bertz CT molecular complexity index is 275. The third-order valence-corrected chi connectivity index (χ3v) is 2.49. The zero-order valence-corrected chi connectivity index (χ0v) is 10.5. The summed E-state index contributed by atoms with van der Waals surface area (Å²) in [6.45, 7) is 9.91. The molecule has 1 N–H and O–H groups in total. The van der Waals surface area contributed by atoms with Crippen molar-refractivity contribution >= 4 is 11.9 Å². The number of urea groups is 1. The molecule has 0 saturated carbocycles. The van der Waals surface area contributed by atoms with Gasteiger partial charge in [0.25, 0.3) is 0 Å². The van der Waals surface area contributed by atoms with E-state index in [-0.39, 0.29) is 17.5 Å². The van der Waals surface area contributed by atoms with Crippen molar-refractivity contribution in [3.8, 4) is 0 Å². The maximum absolute atomic E-state index is 11.8. The van der Waals surface area contributed by atoms with Gasteiger partial charge in [-0.3, -0.25) is 4.79 Å². The smallest absolute Gasteiger partial charge is 0.317 e. The molecular formula is C11H21N3O2. The molecular weight excluding hydrogens is 206 g/mol. The molecule has 1 saturated heterocycles. The number of rotatable bonds is 0.